The standard InChI is InChI=1S/C11H16FNO/c1-7-6-9(4-5-10(7)12)11(3,14)8(2)13/h4-6,8,14H,13H2,1-3H3. The second kappa shape index (κ2) is 3.67. The van der Waals surface area contributed by atoms with Gasteiger partial charge in [0.25, 0.3) is 0 Å². The number of benzene rings is 1. The summed E-state index contributed by atoms with van der Waals surface area (Å²) in [6.07, 6.45) is 0. The molecule has 0 aliphatic carbocycles. The molecule has 0 aliphatic rings. The first-order valence-corrected chi connectivity index (χ1v) is 4.60. The van der Waals surface area contributed by atoms with E-state index in [1.165, 1.54) is 6.07 Å². The van der Waals surface area contributed by atoms with Crippen molar-refractivity contribution >= 4 is 0 Å². The Labute approximate surface area is 83.6 Å². The van der Waals surface area contributed by atoms with E-state index in [2.05, 4.69) is 0 Å². The van der Waals surface area contributed by atoms with Crippen LogP contribution >= 0.6 is 0 Å². The average Bonchev–Trinajstić information content (AvgIpc) is 2.09. The third-order valence-corrected chi connectivity index (χ3v) is 2.63. The molecule has 1 aromatic rings. The maximum Gasteiger partial charge on any atom is 0.126 e. The van der Waals surface area contributed by atoms with Crippen LogP contribution in [0.4, 0.5) is 4.39 Å². The highest BCUT2D eigenvalue weighted by molar-refractivity contribution is 5.29. The number of nitrogens with two attached hydrogens (primary N) is 1. The maximum absolute atomic E-state index is 13.0. The van der Waals surface area contributed by atoms with Crippen molar-refractivity contribution in [1.82, 2.24) is 0 Å². The summed E-state index contributed by atoms with van der Waals surface area (Å²) < 4.78 is 13.0. The molecule has 2 atom stereocenters. The van der Waals surface area contributed by atoms with E-state index >= 15 is 0 Å². The molecule has 78 valence electrons. The third kappa shape index (κ3) is 1.94. The number of hydrogen-bond donors (Lipinski definition) is 2. The second-order valence-corrected chi connectivity index (χ2v) is 3.90. The van der Waals surface area contributed by atoms with Crippen LogP contribution in [0.15, 0.2) is 18.2 Å². The zero-order valence-corrected chi connectivity index (χ0v) is 8.71. The van der Waals surface area contributed by atoms with Gasteiger partial charge in [0.1, 0.15) is 11.4 Å². The molecule has 0 aromatic heterocycles. The number of rotatable bonds is 2. The number of hydrogen-bond acceptors (Lipinski definition) is 2. The molecule has 3 N–H and O–H groups in total. The number of aliphatic hydroxyl groups is 1. The molecule has 0 radical (unpaired) electrons. The number of aryl methyl sites for hydroxylation is 1. The van der Waals surface area contributed by atoms with Crippen molar-refractivity contribution in [2.24, 2.45) is 5.73 Å². The van der Waals surface area contributed by atoms with E-state index in [0.717, 1.165) is 0 Å². The topological polar surface area (TPSA) is 46.2 Å². The quantitative estimate of drug-likeness (QED) is 0.757. The van der Waals surface area contributed by atoms with Gasteiger partial charge in [0.05, 0.1) is 0 Å². The van der Waals surface area contributed by atoms with Gasteiger partial charge >= 0.3 is 0 Å². The van der Waals surface area contributed by atoms with Crippen molar-refractivity contribution in [1.29, 1.82) is 0 Å². The molecule has 0 fully saturated rings. The molecule has 2 unspecified atom stereocenters. The molecular formula is C11H16FNO. The highest BCUT2D eigenvalue weighted by Crippen LogP contribution is 2.24. The Kier molecular flexibility index (Phi) is 2.92. The third-order valence-electron chi connectivity index (χ3n) is 2.63. The molecule has 2 nitrogen and oxygen atoms in total. The van der Waals surface area contributed by atoms with E-state index < -0.39 is 11.6 Å². The number of halogens is 1. The van der Waals surface area contributed by atoms with E-state index in [0.29, 0.717) is 11.1 Å². The fraction of sp³-hybridized carbons (Fsp3) is 0.455. The van der Waals surface area contributed by atoms with Crippen LogP contribution in [0.25, 0.3) is 0 Å². The molecule has 0 spiro atoms. The van der Waals surface area contributed by atoms with Crippen molar-refractivity contribution in [2.45, 2.75) is 32.4 Å². The lowest BCUT2D eigenvalue weighted by molar-refractivity contribution is 0.0348. The van der Waals surface area contributed by atoms with Gasteiger partial charge < -0.3 is 10.8 Å². The van der Waals surface area contributed by atoms with Gasteiger partial charge in [-0.05, 0) is 38.0 Å². The Morgan fingerprint density at radius 2 is 2.07 bits per heavy atom. The molecule has 0 bridgehead atoms. The predicted octanol–water partition coefficient (Wildman–Crippen LogP) is 1.69. The summed E-state index contributed by atoms with van der Waals surface area (Å²) in [7, 11) is 0. The summed E-state index contributed by atoms with van der Waals surface area (Å²) in [5.41, 5.74) is 5.70. The molecule has 14 heavy (non-hydrogen) atoms. The van der Waals surface area contributed by atoms with E-state index in [4.69, 9.17) is 5.73 Å². The maximum atomic E-state index is 13.0. The Bertz CT molecular complexity index is 334. The van der Waals surface area contributed by atoms with Crippen LogP contribution in [-0.2, 0) is 5.60 Å². The van der Waals surface area contributed by atoms with Crippen LogP contribution in [0.3, 0.4) is 0 Å². The molecule has 0 saturated carbocycles. The highest BCUT2D eigenvalue weighted by atomic mass is 19.1. The van der Waals surface area contributed by atoms with Crippen molar-refractivity contribution < 1.29 is 9.50 Å². The lowest BCUT2D eigenvalue weighted by Crippen LogP contribution is -2.40. The minimum Gasteiger partial charge on any atom is -0.384 e. The van der Waals surface area contributed by atoms with Crippen LogP contribution < -0.4 is 5.73 Å². The van der Waals surface area contributed by atoms with Crippen LogP contribution in [0.2, 0.25) is 0 Å². The zero-order chi connectivity index (χ0) is 10.9. The molecule has 0 saturated heterocycles. The molecule has 1 rings (SSSR count). The molecule has 1 aromatic carbocycles. The van der Waals surface area contributed by atoms with Crippen LogP contribution in [0.1, 0.15) is 25.0 Å². The van der Waals surface area contributed by atoms with Crippen molar-refractivity contribution in [3.8, 4) is 0 Å². The van der Waals surface area contributed by atoms with Crippen LogP contribution in [0, 0.1) is 12.7 Å². The molecule has 0 heterocycles. The molecular weight excluding hydrogens is 181 g/mol. The smallest absolute Gasteiger partial charge is 0.126 e. The van der Waals surface area contributed by atoms with Gasteiger partial charge in [-0.25, -0.2) is 4.39 Å². The van der Waals surface area contributed by atoms with Gasteiger partial charge in [0.15, 0.2) is 0 Å². The lowest BCUT2D eigenvalue weighted by atomic mass is 9.89. The predicted molar refractivity (Wildman–Crippen MR) is 54.4 cm³/mol. The first-order chi connectivity index (χ1) is 6.35. The van der Waals surface area contributed by atoms with Crippen LogP contribution in [-0.4, -0.2) is 11.1 Å². The largest absolute Gasteiger partial charge is 0.384 e. The van der Waals surface area contributed by atoms with Gasteiger partial charge in [-0.1, -0.05) is 12.1 Å². The molecule has 0 aliphatic heterocycles. The van der Waals surface area contributed by atoms with Crippen molar-refractivity contribution in [2.75, 3.05) is 0 Å². The fourth-order valence-electron chi connectivity index (χ4n) is 1.22. The summed E-state index contributed by atoms with van der Waals surface area (Å²) in [5.74, 6) is -0.269. The fourth-order valence-corrected chi connectivity index (χ4v) is 1.22. The van der Waals surface area contributed by atoms with Gasteiger partial charge in [-0.15, -0.1) is 0 Å². The van der Waals surface area contributed by atoms with E-state index in [1.807, 2.05) is 0 Å². The minimum absolute atomic E-state index is 0.269. The van der Waals surface area contributed by atoms with Crippen LogP contribution in [0.5, 0.6) is 0 Å². The van der Waals surface area contributed by atoms with Crippen molar-refractivity contribution in [3.05, 3.63) is 35.1 Å². The van der Waals surface area contributed by atoms with Crippen molar-refractivity contribution in [3.63, 3.8) is 0 Å². The zero-order valence-electron chi connectivity index (χ0n) is 8.71. The average molecular weight is 197 g/mol. The molecule has 3 heteroatoms. The van der Waals surface area contributed by atoms with Gasteiger partial charge in [0.2, 0.25) is 0 Å². The summed E-state index contributed by atoms with van der Waals surface area (Å²) in [5, 5.41) is 10.0. The Morgan fingerprint density at radius 1 is 1.50 bits per heavy atom. The van der Waals surface area contributed by atoms with E-state index in [9.17, 15) is 9.50 Å². The Morgan fingerprint density at radius 3 is 2.50 bits per heavy atom. The minimum atomic E-state index is -1.11. The van der Waals surface area contributed by atoms with Gasteiger partial charge in [-0.2, -0.15) is 0 Å². The van der Waals surface area contributed by atoms with E-state index in [-0.39, 0.29) is 5.82 Å². The highest BCUT2D eigenvalue weighted by Gasteiger charge is 2.27. The lowest BCUT2D eigenvalue weighted by Gasteiger charge is -2.28. The Hall–Kier alpha value is -0.930. The second-order valence-electron chi connectivity index (χ2n) is 3.90. The summed E-state index contributed by atoms with van der Waals surface area (Å²) in [6.45, 7) is 5.01. The Balaban J connectivity index is 3.14. The normalized spacial score (nSPS) is 17.6. The summed E-state index contributed by atoms with van der Waals surface area (Å²) >= 11 is 0. The first kappa shape index (κ1) is 11.1. The van der Waals surface area contributed by atoms with Gasteiger partial charge in [0, 0.05) is 6.04 Å². The van der Waals surface area contributed by atoms with E-state index in [1.54, 1.807) is 32.9 Å². The monoisotopic (exact) mass is 197 g/mol. The first-order valence-electron chi connectivity index (χ1n) is 4.60. The van der Waals surface area contributed by atoms with Gasteiger partial charge in [-0.3, -0.25) is 0 Å². The summed E-state index contributed by atoms with van der Waals surface area (Å²) in [6, 6.07) is 4.14. The SMILES string of the molecule is Cc1cc(C(C)(O)C(C)N)ccc1F. The molecule has 0 amide bonds. The summed E-state index contributed by atoms with van der Waals surface area (Å²) in [4.78, 5) is 0.